The molecular weight excluding hydrogens is 406 g/mol. The molecule has 0 unspecified atom stereocenters. The summed E-state index contributed by atoms with van der Waals surface area (Å²) in [4.78, 5) is 18.0. The zero-order valence-electron chi connectivity index (χ0n) is 15.1. The Hall–Kier alpha value is -2.48. The molecule has 1 amide bonds. The van der Waals surface area contributed by atoms with Gasteiger partial charge in [0.1, 0.15) is 0 Å². The third-order valence-electron chi connectivity index (χ3n) is 4.06. The highest BCUT2D eigenvalue weighted by Gasteiger charge is 2.07. The van der Waals surface area contributed by atoms with Gasteiger partial charge in [0.05, 0.1) is 15.9 Å². The standard InChI is InChI=1S/C21H17N3OS3/c1-14(18-7-4-12-26-18)23-24-20(25)16-10-8-15(9-11-16)13-27-21-22-17-5-2-3-6-19(17)28-21/h2-12H,13H2,1H3,(H,24,25)/b23-14+. The molecule has 2 heterocycles. The lowest BCUT2D eigenvalue weighted by atomic mass is 10.1. The highest BCUT2D eigenvalue weighted by atomic mass is 32.2. The summed E-state index contributed by atoms with van der Waals surface area (Å²) >= 11 is 5.02. The molecule has 4 aromatic rings. The molecule has 28 heavy (non-hydrogen) atoms. The first-order valence-electron chi connectivity index (χ1n) is 8.65. The molecular formula is C21H17N3OS3. The first-order valence-corrected chi connectivity index (χ1v) is 11.3. The first-order chi connectivity index (χ1) is 13.7. The van der Waals surface area contributed by atoms with Gasteiger partial charge in [-0.25, -0.2) is 10.4 Å². The number of carbonyl (C=O) groups excluding carboxylic acids is 1. The molecule has 140 valence electrons. The number of para-hydroxylation sites is 1. The van der Waals surface area contributed by atoms with Crippen LogP contribution in [0, 0.1) is 0 Å². The molecule has 4 rings (SSSR count). The van der Waals surface area contributed by atoms with Gasteiger partial charge in [0.25, 0.3) is 5.91 Å². The SMILES string of the molecule is C/C(=N\NC(=O)c1ccc(CSc2nc3ccccc3s2)cc1)c1cccs1. The smallest absolute Gasteiger partial charge is 0.267 e. The van der Waals surface area contributed by atoms with Crippen molar-refractivity contribution in [2.75, 3.05) is 0 Å². The lowest BCUT2D eigenvalue weighted by Gasteiger charge is -2.03. The minimum Gasteiger partial charge on any atom is -0.267 e. The molecule has 0 fully saturated rings. The monoisotopic (exact) mass is 423 g/mol. The number of thioether (sulfide) groups is 1. The van der Waals surface area contributed by atoms with Crippen LogP contribution in [0.15, 0.2) is 75.5 Å². The summed E-state index contributed by atoms with van der Waals surface area (Å²) in [7, 11) is 0. The Balaban J connectivity index is 1.35. The van der Waals surface area contributed by atoms with Crippen LogP contribution >= 0.6 is 34.4 Å². The summed E-state index contributed by atoms with van der Waals surface area (Å²) in [6.07, 6.45) is 0. The fourth-order valence-electron chi connectivity index (χ4n) is 2.55. The van der Waals surface area contributed by atoms with E-state index >= 15 is 0 Å². The van der Waals surface area contributed by atoms with Gasteiger partial charge in [-0.1, -0.05) is 42.1 Å². The second-order valence-corrected chi connectivity index (χ2v) is 9.25. The van der Waals surface area contributed by atoms with Gasteiger partial charge in [-0.3, -0.25) is 4.79 Å². The van der Waals surface area contributed by atoms with Crippen LogP contribution in [0.3, 0.4) is 0 Å². The molecule has 0 bridgehead atoms. The van der Waals surface area contributed by atoms with Gasteiger partial charge in [0.15, 0.2) is 4.34 Å². The van der Waals surface area contributed by atoms with E-state index in [1.54, 1.807) is 34.4 Å². The van der Waals surface area contributed by atoms with Gasteiger partial charge in [-0.05, 0) is 48.2 Å². The molecule has 0 aliphatic rings. The van der Waals surface area contributed by atoms with Gasteiger partial charge < -0.3 is 0 Å². The number of hydrazone groups is 1. The average Bonchev–Trinajstić information content (AvgIpc) is 3.40. The number of aromatic nitrogens is 1. The number of thiazole rings is 1. The van der Waals surface area contributed by atoms with E-state index in [-0.39, 0.29) is 5.91 Å². The number of rotatable bonds is 6. The lowest BCUT2D eigenvalue weighted by molar-refractivity contribution is 0.0955. The fourth-order valence-corrected chi connectivity index (χ4v) is 5.25. The summed E-state index contributed by atoms with van der Waals surface area (Å²) < 4.78 is 2.26. The van der Waals surface area contributed by atoms with Gasteiger partial charge in [0, 0.05) is 16.2 Å². The zero-order valence-corrected chi connectivity index (χ0v) is 17.5. The van der Waals surface area contributed by atoms with E-state index in [0.29, 0.717) is 5.56 Å². The van der Waals surface area contributed by atoms with Crippen LogP contribution in [0.1, 0.15) is 27.7 Å². The molecule has 0 saturated carbocycles. The van der Waals surface area contributed by atoms with Gasteiger partial charge >= 0.3 is 0 Å². The predicted octanol–water partition coefficient (Wildman–Crippen LogP) is 5.80. The normalized spacial score (nSPS) is 11.7. The number of fused-ring (bicyclic) bond motifs is 1. The van der Waals surface area contributed by atoms with Crippen LogP contribution < -0.4 is 5.43 Å². The van der Waals surface area contributed by atoms with Crippen molar-refractivity contribution in [1.82, 2.24) is 10.4 Å². The summed E-state index contributed by atoms with van der Waals surface area (Å²) in [5.41, 5.74) is 6.21. The Morgan fingerprint density at radius 1 is 1.11 bits per heavy atom. The molecule has 0 saturated heterocycles. The van der Waals surface area contributed by atoms with E-state index in [0.717, 1.165) is 31.8 Å². The number of nitrogens with one attached hydrogen (secondary N) is 1. The number of nitrogens with zero attached hydrogens (tertiary/aromatic N) is 2. The van der Waals surface area contributed by atoms with Crippen molar-refractivity contribution in [3.05, 3.63) is 82.0 Å². The molecule has 2 aromatic carbocycles. The van der Waals surface area contributed by atoms with Crippen molar-refractivity contribution in [2.45, 2.75) is 17.0 Å². The minimum absolute atomic E-state index is 0.207. The van der Waals surface area contributed by atoms with Crippen molar-refractivity contribution >= 4 is 56.3 Å². The maximum absolute atomic E-state index is 12.3. The van der Waals surface area contributed by atoms with Crippen LogP contribution in [-0.2, 0) is 5.75 Å². The summed E-state index contributed by atoms with van der Waals surface area (Å²) in [6, 6.07) is 19.7. The Morgan fingerprint density at radius 2 is 1.93 bits per heavy atom. The Morgan fingerprint density at radius 3 is 2.68 bits per heavy atom. The van der Waals surface area contributed by atoms with Crippen molar-refractivity contribution in [3.63, 3.8) is 0 Å². The lowest BCUT2D eigenvalue weighted by Crippen LogP contribution is -2.19. The number of hydrogen-bond donors (Lipinski definition) is 1. The van der Waals surface area contributed by atoms with Crippen LogP contribution in [0.5, 0.6) is 0 Å². The second-order valence-electron chi connectivity index (χ2n) is 6.05. The molecule has 1 N–H and O–H groups in total. The van der Waals surface area contributed by atoms with Gasteiger partial charge in [0.2, 0.25) is 0 Å². The van der Waals surface area contributed by atoms with Crippen molar-refractivity contribution in [3.8, 4) is 0 Å². The van der Waals surface area contributed by atoms with E-state index < -0.39 is 0 Å². The molecule has 0 spiro atoms. The Bertz CT molecular complexity index is 1080. The van der Waals surface area contributed by atoms with E-state index in [1.807, 2.05) is 66.9 Å². The van der Waals surface area contributed by atoms with Crippen LogP contribution in [0.25, 0.3) is 10.2 Å². The summed E-state index contributed by atoms with van der Waals surface area (Å²) in [5, 5.41) is 6.17. The second kappa shape index (κ2) is 8.68. The number of amides is 1. The van der Waals surface area contributed by atoms with Gasteiger partial charge in [-0.2, -0.15) is 5.10 Å². The van der Waals surface area contributed by atoms with Crippen LogP contribution in [0.4, 0.5) is 0 Å². The topological polar surface area (TPSA) is 54.4 Å². The molecule has 4 nitrogen and oxygen atoms in total. The maximum Gasteiger partial charge on any atom is 0.271 e. The molecule has 0 aliphatic carbocycles. The summed E-state index contributed by atoms with van der Waals surface area (Å²) in [6.45, 7) is 1.88. The number of hydrogen-bond acceptors (Lipinski definition) is 6. The van der Waals surface area contributed by atoms with E-state index in [1.165, 1.54) is 4.70 Å². The summed E-state index contributed by atoms with van der Waals surface area (Å²) in [5.74, 6) is 0.610. The first kappa shape index (κ1) is 18.9. The molecule has 2 aromatic heterocycles. The zero-order chi connectivity index (χ0) is 19.3. The number of thiophene rings is 1. The van der Waals surface area contributed by atoms with E-state index in [2.05, 4.69) is 21.6 Å². The number of benzene rings is 2. The molecule has 0 aliphatic heterocycles. The largest absolute Gasteiger partial charge is 0.271 e. The van der Waals surface area contributed by atoms with Crippen molar-refractivity contribution in [2.24, 2.45) is 5.10 Å². The molecule has 7 heteroatoms. The molecule has 0 radical (unpaired) electrons. The minimum atomic E-state index is -0.207. The highest BCUT2D eigenvalue weighted by molar-refractivity contribution is 8.00. The third kappa shape index (κ3) is 4.49. The quantitative estimate of drug-likeness (QED) is 0.242. The predicted molar refractivity (Wildman–Crippen MR) is 120 cm³/mol. The Kier molecular flexibility index (Phi) is 5.85. The average molecular weight is 424 g/mol. The van der Waals surface area contributed by atoms with Crippen LogP contribution in [0.2, 0.25) is 0 Å². The third-order valence-corrected chi connectivity index (χ3v) is 7.28. The highest BCUT2D eigenvalue weighted by Crippen LogP contribution is 2.31. The van der Waals surface area contributed by atoms with Crippen molar-refractivity contribution < 1.29 is 4.79 Å². The van der Waals surface area contributed by atoms with E-state index in [4.69, 9.17) is 0 Å². The van der Waals surface area contributed by atoms with E-state index in [9.17, 15) is 4.79 Å². The fraction of sp³-hybridized carbons (Fsp3) is 0.0952. The maximum atomic E-state index is 12.3. The van der Waals surface area contributed by atoms with Crippen molar-refractivity contribution in [1.29, 1.82) is 0 Å². The molecule has 0 atom stereocenters. The Labute approximate surface area is 175 Å². The number of carbonyl (C=O) groups is 1. The van der Waals surface area contributed by atoms with Gasteiger partial charge in [-0.15, -0.1) is 22.7 Å². The van der Waals surface area contributed by atoms with Crippen LogP contribution in [-0.4, -0.2) is 16.6 Å².